The number of ether oxygens (including phenoxy) is 2. The van der Waals surface area contributed by atoms with Gasteiger partial charge in [0.2, 0.25) is 0 Å². The first-order chi connectivity index (χ1) is 12.0. The SMILES string of the molecule is CCCOc1ccc(CNC(=O)c2cccc(N)c2)c(OC(F)F)c1. The van der Waals surface area contributed by atoms with Gasteiger partial charge in [0.25, 0.3) is 5.91 Å². The Balaban J connectivity index is 2.10. The van der Waals surface area contributed by atoms with E-state index in [2.05, 4.69) is 10.1 Å². The van der Waals surface area contributed by atoms with Crippen molar-refractivity contribution < 1.29 is 23.0 Å². The third kappa shape index (κ3) is 5.63. The van der Waals surface area contributed by atoms with Gasteiger partial charge in [-0.15, -0.1) is 0 Å². The lowest BCUT2D eigenvalue weighted by Crippen LogP contribution is -2.23. The minimum atomic E-state index is -2.97. The van der Waals surface area contributed by atoms with Crippen molar-refractivity contribution in [2.45, 2.75) is 26.5 Å². The molecular formula is C18H20F2N2O3. The second kappa shape index (κ2) is 8.86. The summed E-state index contributed by atoms with van der Waals surface area (Å²) in [6, 6.07) is 11.1. The largest absolute Gasteiger partial charge is 0.493 e. The number of nitrogen functional groups attached to an aromatic ring is 1. The highest BCUT2D eigenvalue weighted by Crippen LogP contribution is 2.26. The Morgan fingerprint density at radius 3 is 2.72 bits per heavy atom. The number of carbonyl (C=O) groups excluding carboxylic acids is 1. The lowest BCUT2D eigenvalue weighted by atomic mass is 10.1. The van der Waals surface area contributed by atoms with Gasteiger partial charge in [-0.1, -0.05) is 13.0 Å². The van der Waals surface area contributed by atoms with E-state index in [9.17, 15) is 13.6 Å². The van der Waals surface area contributed by atoms with Gasteiger partial charge in [-0.3, -0.25) is 4.79 Å². The van der Waals surface area contributed by atoms with E-state index in [1.807, 2.05) is 6.92 Å². The molecule has 0 heterocycles. The number of rotatable bonds is 8. The standard InChI is InChI=1S/C18H20F2N2O3/c1-2-8-24-15-7-6-13(16(10-15)25-18(19)20)11-22-17(23)12-4-3-5-14(21)9-12/h3-7,9-10,18H,2,8,11,21H2,1H3,(H,22,23). The van der Waals surface area contributed by atoms with E-state index in [1.54, 1.807) is 30.3 Å². The topological polar surface area (TPSA) is 73.6 Å². The molecular weight excluding hydrogens is 330 g/mol. The molecule has 0 aromatic heterocycles. The Hall–Kier alpha value is -2.83. The van der Waals surface area contributed by atoms with Crippen molar-refractivity contribution >= 4 is 11.6 Å². The summed E-state index contributed by atoms with van der Waals surface area (Å²) in [5, 5.41) is 2.66. The maximum absolute atomic E-state index is 12.6. The number of anilines is 1. The van der Waals surface area contributed by atoms with Gasteiger partial charge in [0.1, 0.15) is 11.5 Å². The number of amides is 1. The number of halogens is 2. The fourth-order valence-corrected chi connectivity index (χ4v) is 2.15. The molecule has 0 radical (unpaired) electrons. The van der Waals surface area contributed by atoms with E-state index in [-0.39, 0.29) is 18.2 Å². The number of benzene rings is 2. The monoisotopic (exact) mass is 350 g/mol. The Kier molecular flexibility index (Phi) is 6.56. The number of nitrogens with one attached hydrogen (secondary N) is 1. The Labute approximate surface area is 144 Å². The highest BCUT2D eigenvalue weighted by molar-refractivity contribution is 5.94. The van der Waals surface area contributed by atoms with Gasteiger partial charge < -0.3 is 20.5 Å². The Morgan fingerprint density at radius 1 is 1.24 bits per heavy atom. The quantitative estimate of drug-likeness (QED) is 0.714. The molecule has 0 fully saturated rings. The van der Waals surface area contributed by atoms with Crippen molar-refractivity contribution in [1.29, 1.82) is 0 Å². The van der Waals surface area contributed by atoms with E-state index >= 15 is 0 Å². The maximum atomic E-state index is 12.6. The number of nitrogens with two attached hydrogens (primary N) is 1. The van der Waals surface area contributed by atoms with Crippen LogP contribution in [0.3, 0.4) is 0 Å². The summed E-state index contributed by atoms with van der Waals surface area (Å²) in [6.07, 6.45) is 0.795. The normalized spacial score (nSPS) is 10.6. The summed E-state index contributed by atoms with van der Waals surface area (Å²) in [6.45, 7) is -0.523. The van der Waals surface area contributed by atoms with E-state index in [1.165, 1.54) is 12.1 Å². The van der Waals surface area contributed by atoms with E-state index in [4.69, 9.17) is 10.5 Å². The molecule has 2 rings (SSSR count). The summed E-state index contributed by atoms with van der Waals surface area (Å²) in [7, 11) is 0. The van der Waals surface area contributed by atoms with Crippen LogP contribution in [0.5, 0.6) is 11.5 Å². The maximum Gasteiger partial charge on any atom is 0.387 e. The lowest BCUT2D eigenvalue weighted by Gasteiger charge is -2.14. The zero-order valence-electron chi connectivity index (χ0n) is 13.8. The van der Waals surface area contributed by atoms with Crippen molar-refractivity contribution in [2.24, 2.45) is 0 Å². The van der Waals surface area contributed by atoms with Crippen molar-refractivity contribution in [3.8, 4) is 11.5 Å². The molecule has 134 valence electrons. The van der Waals surface area contributed by atoms with Gasteiger partial charge >= 0.3 is 6.61 Å². The van der Waals surface area contributed by atoms with Gasteiger partial charge in [-0.2, -0.15) is 8.78 Å². The Morgan fingerprint density at radius 2 is 2.04 bits per heavy atom. The van der Waals surface area contributed by atoms with Crippen LogP contribution in [0.1, 0.15) is 29.3 Å². The van der Waals surface area contributed by atoms with Gasteiger partial charge in [0.05, 0.1) is 6.61 Å². The van der Waals surface area contributed by atoms with Gasteiger partial charge in [-0.25, -0.2) is 0 Å². The zero-order valence-corrected chi connectivity index (χ0v) is 13.8. The van der Waals surface area contributed by atoms with E-state index < -0.39 is 6.61 Å². The molecule has 7 heteroatoms. The highest BCUT2D eigenvalue weighted by atomic mass is 19.3. The van der Waals surface area contributed by atoms with Crippen LogP contribution in [0.2, 0.25) is 0 Å². The van der Waals surface area contributed by atoms with Crippen LogP contribution >= 0.6 is 0 Å². The Bertz CT molecular complexity index is 723. The van der Waals surface area contributed by atoms with Crippen molar-refractivity contribution in [2.75, 3.05) is 12.3 Å². The van der Waals surface area contributed by atoms with E-state index in [0.717, 1.165) is 6.42 Å². The van der Waals surface area contributed by atoms with Crippen LogP contribution < -0.4 is 20.5 Å². The third-order valence-electron chi connectivity index (χ3n) is 3.32. The fourth-order valence-electron chi connectivity index (χ4n) is 2.15. The first-order valence-corrected chi connectivity index (χ1v) is 7.84. The molecule has 25 heavy (non-hydrogen) atoms. The summed E-state index contributed by atoms with van der Waals surface area (Å²) in [5.74, 6) is 0.0431. The third-order valence-corrected chi connectivity index (χ3v) is 3.32. The van der Waals surface area contributed by atoms with Crippen LogP contribution in [0.15, 0.2) is 42.5 Å². The van der Waals surface area contributed by atoms with Crippen LogP contribution in [0, 0.1) is 0 Å². The first kappa shape index (κ1) is 18.5. The molecule has 5 nitrogen and oxygen atoms in total. The first-order valence-electron chi connectivity index (χ1n) is 7.84. The molecule has 0 saturated carbocycles. The minimum Gasteiger partial charge on any atom is -0.493 e. The molecule has 0 aliphatic rings. The molecule has 0 bridgehead atoms. The molecule has 2 aromatic carbocycles. The summed E-state index contributed by atoms with van der Waals surface area (Å²) >= 11 is 0. The fraction of sp³-hybridized carbons (Fsp3) is 0.278. The summed E-state index contributed by atoms with van der Waals surface area (Å²) in [5.41, 5.74) is 6.91. The number of carbonyl (C=O) groups is 1. The van der Waals surface area contributed by atoms with Gasteiger partial charge in [0, 0.05) is 29.4 Å². The number of hydrogen-bond donors (Lipinski definition) is 2. The van der Waals surface area contributed by atoms with Crippen LogP contribution in [0.4, 0.5) is 14.5 Å². The lowest BCUT2D eigenvalue weighted by molar-refractivity contribution is -0.0505. The predicted octanol–water partition coefficient (Wildman–Crippen LogP) is 3.59. The average molecular weight is 350 g/mol. The molecule has 3 N–H and O–H groups in total. The number of hydrogen-bond acceptors (Lipinski definition) is 4. The predicted molar refractivity (Wildman–Crippen MR) is 90.9 cm³/mol. The number of alkyl halides is 2. The van der Waals surface area contributed by atoms with Crippen molar-refractivity contribution in [3.63, 3.8) is 0 Å². The van der Waals surface area contributed by atoms with Crippen molar-refractivity contribution in [1.82, 2.24) is 5.32 Å². The van der Waals surface area contributed by atoms with Crippen LogP contribution in [-0.4, -0.2) is 19.1 Å². The zero-order chi connectivity index (χ0) is 18.2. The van der Waals surface area contributed by atoms with Gasteiger partial charge in [-0.05, 0) is 36.8 Å². The molecule has 0 spiro atoms. The minimum absolute atomic E-state index is 0.0310. The second-order valence-corrected chi connectivity index (χ2v) is 5.30. The summed E-state index contributed by atoms with van der Waals surface area (Å²) in [4.78, 5) is 12.1. The molecule has 1 amide bonds. The van der Waals surface area contributed by atoms with Crippen molar-refractivity contribution in [3.05, 3.63) is 53.6 Å². The molecule has 0 saturated heterocycles. The average Bonchev–Trinajstić information content (AvgIpc) is 2.58. The molecule has 0 atom stereocenters. The smallest absolute Gasteiger partial charge is 0.387 e. The molecule has 0 unspecified atom stereocenters. The highest BCUT2D eigenvalue weighted by Gasteiger charge is 2.13. The van der Waals surface area contributed by atoms with Gasteiger partial charge in [0.15, 0.2) is 0 Å². The summed E-state index contributed by atoms with van der Waals surface area (Å²) < 4.78 is 35.2. The molecule has 0 aliphatic heterocycles. The van der Waals surface area contributed by atoms with Crippen LogP contribution in [-0.2, 0) is 6.54 Å². The molecule has 0 aliphatic carbocycles. The van der Waals surface area contributed by atoms with E-state index in [0.29, 0.717) is 29.2 Å². The second-order valence-electron chi connectivity index (χ2n) is 5.30. The molecule has 2 aromatic rings. The van der Waals surface area contributed by atoms with Crippen LogP contribution in [0.25, 0.3) is 0 Å².